The third-order valence-electron chi connectivity index (χ3n) is 10.8. The molecule has 0 aliphatic carbocycles. The van der Waals surface area contributed by atoms with Gasteiger partial charge in [-0.1, -0.05) is 191 Å². The van der Waals surface area contributed by atoms with Gasteiger partial charge < -0.3 is 14.2 Å². The molecule has 0 radical (unpaired) electrons. The Balaban J connectivity index is 4.43. The molecule has 6 nitrogen and oxygen atoms in total. The lowest BCUT2D eigenvalue weighted by molar-refractivity contribution is -0.167. The summed E-state index contributed by atoms with van der Waals surface area (Å²) in [6.07, 6.45) is 56.7. The van der Waals surface area contributed by atoms with Crippen LogP contribution in [0.4, 0.5) is 0 Å². The predicted octanol–water partition coefficient (Wildman–Crippen LogP) is 16.3. The third kappa shape index (κ3) is 46.3. The van der Waals surface area contributed by atoms with E-state index in [4.69, 9.17) is 14.2 Å². The van der Waals surface area contributed by atoms with Crippen LogP contribution in [-0.4, -0.2) is 37.2 Å². The van der Waals surface area contributed by atoms with E-state index in [-0.39, 0.29) is 31.1 Å². The first-order chi connectivity index (χ1) is 29.0. The maximum atomic E-state index is 12.8. The van der Waals surface area contributed by atoms with Crippen molar-refractivity contribution in [2.45, 2.75) is 258 Å². The Labute approximate surface area is 365 Å². The SMILES string of the molecule is CCCC/C=C\CCCCCCCC(=O)OCC(COC(=O)CCCCC/C=C\C=C/CCCCCCCCC)OC(=O)CCCCC/C=C\CCCCCCCCC. The fraction of sp³-hybridized carbons (Fsp3) is 0.792. The van der Waals surface area contributed by atoms with Crippen molar-refractivity contribution in [1.29, 1.82) is 0 Å². The average Bonchev–Trinajstić information content (AvgIpc) is 3.23. The van der Waals surface area contributed by atoms with Crippen molar-refractivity contribution < 1.29 is 28.6 Å². The zero-order chi connectivity index (χ0) is 43.0. The minimum Gasteiger partial charge on any atom is -0.462 e. The lowest BCUT2D eigenvalue weighted by Gasteiger charge is -2.18. The molecule has 0 rings (SSSR count). The second kappa shape index (κ2) is 48.0. The van der Waals surface area contributed by atoms with Crippen LogP contribution in [0.5, 0.6) is 0 Å². The second-order valence-electron chi connectivity index (χ2n) is 16.7. The van der Waals surface area contributed by atoms with Crippen molar-refractivity contribution in [2.24, 2.45) is 0 Å². The number of hydrogen-bond donors (Lipinski definition) is 0. The highest BCUT2D eigenvalue weighted by molar-refractivity contribution is 5.71. The van der Waals surface area contributed by atoms with E-state index in [9.17, 15) is 14.4 Å². The number of carbonyl (C=O) groups excluding carboxylic acids is 3. The van der Waals surface area contributed by atoms with E-state index >= 15 is 0 Å². The van der Waals surface area contributed by atoms with Crippen LogP contribution < -0.4 is 0 Å². The fourth-order valence-corrected chi connectivity index (χ4v) is 6.94. The van der Waals surface area contributed by atoms with Crippen LogP contribution in [0.2, 0.25) is 0 Å². The summed E-state index contributed by atoms with van der Waals surface area (Å²) in [5, 5.41) is 0. The lowest BCUT2D eigenvalue weighted by atomic mass is 10.1. The van der Waals surface area contributed by atoms with Gasteiger partial charge in [0.15, 0.2) is 6.10 Å². The summed E-state index contributed by atoms with van der Waals surface area (Å²) >= 11 is 0. The van der Waals surface area contributed by atoms with Gasteiger partial charge in [-0.2, -0.15) is 0 Å². The van der Waals surface area contributed by atoms with Gasteiger partial charge in [-0.25, -0.2) is 0 Å². The zero-order valence-corrected chi connectivity index (χ0v) is 39.0. The molecule has 1 unspecified atom stereocenters. The number of ether oxygens (including phenoxy) is 3. The first kappa shape index (κ1) is 56.4. The quantitative estimate of drug-likeness (QED) is 0.0200. The molecule has 59 heavy (non-hydrogen) atoms. The highest BCUT2D eigenvalue weighted by Gasteiger charge is 2.19. The van der Waals surface area contributed by atoms with Gasteiger partial charge in [-0.3, -0.25) is 14.4 Å². The summed E-state index contributed by atoms with van der Waals surface area (Å²) in [6.45, 7) is 6.55. The molecule has 0 aliphatic heterocycles. The zero-order valence-electron chi connectivity index (χ0n) is 39.0. The molecule has 0 heterocycles. The molecule has 0 saturated heterocycles. The van der Waals surface area contributed by atoms with Crippen molar-refractivity contribution in [3.8, 4) is 0 Å². The summed E-state index contributed by atoms with van der Waals surface area (Å²) in [4.78, 5) is 37.8. The third-order valence-corrected chi connectivity index (χ3v) is 10.8. The monoisotopic (exact) mass is 827 g/mol. The number of unbranched alkanes of at least 4 members (excludes halogenated alkanes) is 27. The lowest BCUT2D eigenvalue weighted by Crippen LogP contribution is -2.30. The minimum atomic E-state index is -0.792. The molecular weight excluding hydrogens is 733 g/mol. The largest absolute Gasteiger partial charge is 0.462 e. The van der Waals surface area contributed by atoms with E-state index < -0.39 is 6.10 Å². The molecule has 0 N–H and O–H groups in total. The Morgan fingerprint density at radius 3 is 1.02 bits per heavy atom. The van der Waals surface area contributed by atoms with Gasteiger partial charge >= 0.3 is 17.9 Å². The topological polar surface area (TPSA) is 78.9 Å². The maximum Gasteiger partial charge on any atom is 0.306 e. The Morgan fingerprint density at radius 1 is 0.339 bits per heavy atom. The maximum absolute atomic E-state index is 12.8. The van der Waals surface area contributed by atoms with Crippen LogP contribution in [0, 0.1) is 0 Å². The van der Waals surface area contributed by atoms with E-state index in [1.165, 1.54) is 122 Å². The van der Waals surface area contributed by atoms with Gasteiger partial charge in [0, 0.05) is 19.3 Å². The Bertz CT molecular complexity index is 1040. The van der Waals surface area contributed by atoms with Crippen molar-refractivity contribution in [1.82, 2.24) is 0 Å². The molecule has 342 valence electrons. The Kier molecular flexibility index (Phi) is 45.9. The van der Waals surface area contributed by atoms with Crippen molar-refractivity contribution in [3.63, 3.8) is 0 Å². The standard InChI is InChI=1S/C53H94O6/c1-4-7-10-13-16-19-22-24-26-27-29-31-34-37-40-43-46-52(55)58-49-50(48-57-51(54)45-42-39-36-33-30-21-18-15-12-9-6-3)59-53(56)47-44-41-38-35-32-28-25-23-20-17-14-11-8-5-2/h15,18,26-29,31-32,50H,4-14,16-17,19-25,30,33-49H2,1-3H3/b18-15-,27-26-,31-29-,32-28-. The predicted molar refractivity (Wildman–Crippen MR) is 252 cm³/mol. The van der Waals surface area contributed by atoms with Gasteiger partial charge in [0.25, 0.3) is 0 Å². The molecule has 0 bridgehead atoms. The van der Waals surface area contributed by atoms with Gasteiger partial charge in [-0.05, 0) is 89.9 Å². The Morgan fingerprint density at radius 2 is 0.627 bits per heavy atom. The Hall–Kier alpha value is -2.63. The summed E-state index contributed by atoms with van der Waals surface area (Å²) < 4.78 is 16.7. The highest BCUT2D eigenvalue weighted by Crippen LogP contribution is 2.13. The van der Waals surface area contributed by atoms with Gasteiger partial charge in [0.1, 0.15) is 13.2 Å². The van der Waals surface area contributed by atoms with Crippen LogP contribution >= 0.6 is 0 Å². The van der Waals surface area contributed by atoms with Gasteiger partial charge in [-0.15, -0.1) is 0 Å². The smallest absolute Gasteiger partial charge is 0.306 e. The first-order valence-electron chi connectivity index (χ1n) is 25.2. The summed E-state index contributed by atoms with van der Waals surface area (Å²) in [5.74, 6) is -0.941. The van der Waals surface area contributed by atoms with E-state index in [2.05, 4.69) is 69.4 Å². The molecule has 0 fully saturated rings. The van der Waals surface area contributed by atoms with Crippen LogP contribution in [0.25, 0.3) is 0 Å². The average molecular weight is 827 g/mol. The van der Waals surface area contributed by atoms with Crippen molar-refractivity contribution in [2.75, 3.05) is 13.2 Å². The summed E-state index contributed by atoms with van der Waals surface area (Å²) in [5.41, 5.74) is 0. The minimum absolute atomic E-state index is 0.0917. The van der Waals surface area contributed by atoms with E-state index in [0.717, 1.165) is 89.9 Å². The molecule has 0 spiro atoms. The van der Waals surface area contributed by atoms with E-state index in [1.807, 2.05) is 0 Å². The summed E-state index contributed by atoms with van der Waals surface area (Å²) in [6, 6.07) is 0. The molecule has 1 atom stereocenters. The van der Waals surface area contributed by atoms with Crippen molar-refractivity contribution >= 4 is 17.9 Å². The van der Waals surface area contributed by atoms with Crippen LogP contribution in [0.15, 0.2) is 48.6 Å². The van der Waals surface area contributed by atoms with Gasteiger partial charge in [0.05, 0.1) is 0 Å². The van der Waals surface area contributed by atoms with Crippen LogP contribution in [-0.2, 0) is 28.6 Å². The number of rotatable bonds is 45. The normalized spacial score (nSPS) is 12.4. The second-order valence-corrected chi connectivity index (χ2v) is 16.7. The molecule has 6 heteroatoms. The van der Waals surface area contributed by atoms with E-state index in [1.54, 1.807) is 0 Å². The van der Waals surface area contributed by atoms with Crippen molar-refractivity contribution in [3.05, 3.63) is 48.6 Å². The number of esters is 3. The molecular formula is C53H94O6. The number of hydrogen-bond acceptors (Lipinski definition) is 6. The molecule has 0 aromatic carbocycles. The first-order valence-corrected chi connectivity index (χ1v) is 25.2. The highest BCUT2D eigenvalue weighted by atomic mass is 16.6. The number of carbonyl (C=O) groups is 3. The fourth-order valence-electron chi connectivity index (χ4n) is 6.94. The van der Waals surface area contributed by atoms with Crippen LogP contribution in [0.1, 0.15) is 252 Å². The van der Waals surface area contributed by atoms with Crippen LogP contribution in [0.3, 0.4) is 0 Å². The van der Waals surface area contributed by atoms with Gasteiger partial charge in [0.2, 0.25) is 0 Å². The molecule has 0 saturated carbocycles. The molecule has 0 aromatic heterocycles. The molecule has 0 aromatic rings. The number of allylic oxidation sites excluding steroid dienone is 8. The molecule has 0 aliphatic rings. The molecule has 0 amide bonds. The van der Waals surface area contributed by atoms with E-state index in [0.29, 0.717) is 19.3 Å². The summed E-state index contributed by atoms with van der Waals surface area (Å²) in [7, 11) is 0.